The maximum atomic E-state index is 15.0. The van der Waals surface area contributed by atoms with Crippen molar-refractivity contribution in [1.29, 1.82) is 0 Å². The van der Waals surface area contributed by atoms with E-state index in [4.69, 9.17) is 38.0 Å². The number of ether oxygens (including phenoxy) is 1. The molecular formula is C42H49Cl2N7O4. The van der Waals surface area contributed by atoms with Gasteiger partial charge in [-0.1, -0.05) is 29.3 Å². The molecule has 2 aliphatic rings. The van der Waals surface area contributed by atoms with Crippen LogP contribution in [0.5, 0.6) is 5.75 Å². The van der Waals surface area contributed by atoms with Crippen LogP contribution in [0.2, 0.25) is 10.0 Å². The van der Waals surface area contributed by atoms with Gasteiger partial charge in [0.25, 0.3) is 5.91 Å². The number of fused-ring (bicyclic) bond motifs is 3. The zero-order chi connectivity index (χ0) is 39.1. The zero-order valence-electron chi connectivity index (χ0n) is 32.5. The molecule has 11 nitrogen and oxygen atoms in total. The van der Waals surface area contributed by atoms with Gasteiger partial charge in [0.15, 0.2) is 0 Å². The van der Waals surface area contributed by atoms with E-state index in [0.717, 1.165) is 78.7 Å². The van der Waals surface area contributed by atoms with Gasteiger partial charge in [-0.2, -0.15) is 5.10 Å². The number of carbonyl (C=O) groups excluding carboxylic acids is 2. The van der Waals surface area contributed by atoms with E-state index in [1.54, 1.807) is 6.92 Å². The second-order valence-electron chi connectivity index (χ2n) is 14.8. The summed E-state index contributed by atoms with van der Waals surface area (Å²) in [5.41, 5.74) is 9.72. The normalized spacial score (nSPS) is 14.9. The van der Waals surface area contributed by atoms with Crippen molar-refractivity contribution in [1.82, 2.24) is 29.1 Å². The van der Waals surface area contributed by atoms with E-state index in [-0.39, 0.29) is 18.4 Å². The first-order chi connectivity index (χ1) is 26.4. The van der Waals surface area contributed by atoms with Crippen LogP contribution in [0.3, 0.4) is 0 Å². The number of anilines is 1. The molecule has 7 rings (SSSR count). The molecule has 5 heterocycles. The molecule has 55 heavy (non-hydrogen) atoms. The number of piperazine rings is 1. The molecule has 0 atom stereocenters. The zero-order valence-corrected chi connectivity index (χ0v) is 34.0. The van der Waals surface area contributed by atoms with Gasteiger partial charge in [-0.25, -0.2) is 4.98 Å². The number of aryl methyl sites for hydroxylation is 6. The van der Waals surface area contributed by atoms with Gasteiger partial charge in [-0.15, -0.1) is 0 Å². The quantitative estimate of drug-likeness (QED) is 0.149. The highest BCUT2D eigenvalue weighted by Gasteiger charge is 2.32. The molecule has 0 unspecified atom stereocenters. The van der Waals surface area contributed by atoms with Crippen LogP contribution in [0.4, 0.5) is 5.82 Å². The SMILES string of the molecule is CC(=O)N1CCN(c2cc(CO)cc(CN3CCCn4c(c(CCCOc5cc(C)c(Cl)c(C)c5)c5ccc(Cl)c(-c6c(C)nn(C)c6C)c54)C3=O)n2)CC1. The maximum absolute atomic E-state index is 15.0. The lowest BCUT2D eigenvalue weighted by Crippen LogP contribution is -2.48. The third-order valence-electron chi connectivity index (χ3n) is 11.1. The molecule has 2 amide bonds. The largest absolute Gasteiger partial charge is 0.494 e. The molecular weight excluding hydrogens is 737 g/mol. The first kappa shape index (κ1) is 38.7. The summed E-state index contributed by atoms with van der Waals surface area (Å²) in [6.07, 6.45) is 2.03. The van der Waals surface area contributed by atoms with Gasteiger partial charge in [0.05, 0.1) is 41.7 Å². The Morgan fingerprint density at radius 3 is 2.33 bits per heavy atom. The highest BCUT2D eigenvalue weighted by Crippen LogP contribution is 2.43. The van der Waals surface area contributed by atoms with Crippen LogP contribution in [0.1, 0.15) is 69.6 Å². The Morgan fingerprint density at radius 2 is 1.67 bits per heavy atom. The van der Waals surface area contributed by atoms with Gasteiger partial charge in [0.2, 0.25) is 5.91 Å². The number of aliphatic hydroxyl groups is 1. The summed E-state index contributed by atoms with van der Waals surface area (Å²) in [6.45, 7) is 13.9. The van der Waals surface area contributed by atoms with Gasteiger partial charge >= 0.3 is 0 Å². The number of hydrogen-bond acceptors (Lipinski definition) is 7. The number of aromatic nitrogens is 4. The average Bonchev–Trinajstić information content (AvgIpc) is 3.54. The lowest BCUT2D eigenvalue weighted by Gasteiger charge is -2.35. The Kier molecular flexibility index (Phi) is 11.2. The smallest absolute Gasteiger partial charge is 0.271 e. The summed E-state index contributed by atoms with van der Waals surface area (Å²) < 4.78 is 10.3. The Morgan fingerprint density at radius 1 is 0.945 bits per heavy atom. The Bertz CT molecular complexity index is 2270. The molecule has 13 heteroatoms. The number of nitrogens with zero attached hydrogens (tertiary/aromatic N) is 7. The van der Waals surface area contributed by atoms with Gasteiger partial charge in [-0.3, -0.25) is 14.3 Å². The van der Waals surface area contributed by atoms with Crippen LogP contribution in [0.15, 0.2) is 36.4 Å². The molecule has 1 fully saturated rings. The number of hydrogen-bond donors (Lipinski definition) is 1. The summed E-state index contributed by atoms with van der Waals surface area (Å²) in [4.78, 5) is 37.8. The third-order valence-corrected chi connectivity index (χ3v) is 12.0. The number of aliphatic hydroxyl groups excluding tert-OH is 1. The van der Waals surface area contributed by atoms with Crippen molar-refractivity contribution in [3.8, 4) is 16.9 Å². The summed E-state index contributed by atoms with van der Waals surface area (Å²) in [5.74, 6) is 1.52. The van der Waals surface area contributed by atoms with Crippen molar-refractivity contribution < 1.29 is 19.4 Å². The predicted molar refractivity (Wildman–Crippen MR) is 217 cm³/mol. The first-order valence-corrected chi connectivity index (χ1v) is 19.8. The number of rotatable bonds is 10. The number of pyridine rings is 1. The Labute approximate surface area is 332 Å². The van der Waals surface area contributed by atoms with Crippen molar-refractivity contribution in [2.45, 2.75) is 73.6 Å². The summed E-state index contributed by atoms with van der Waals surface area (Å²) in [6, 6.07) is 11.7. The van der Waals surface area contributed by atoms with Gasteiger partial charge in [0, 0.05) is 80.5 Å². The van der Waals surface area contributed by atoms with E-state index < -0.39 is 0 Å². The number of amides is 2. The molecule has 3 aromatic heterocycles. The van der Waals surface area contributed by atoms with Gasteiger partial charge in [-0.05, 0) is 99.5 Å². The molecule has 0 bridgehead atoms. The summed E-state index contributed by atoms with van der Waals surface area (Å²) >= 11 is 13.5. The number of benzene rings is 2. The number of carbonyl (C=O) groups is 2. The standard InChI is InChI=1S/C42H49Cl2N7O4/c1-25-19-32(20-26(2)39(25)44)55-18-7-9-33-34-10-11-35(43)38(37-27(3)46-47(6)28(37)4)40(34)51-13-8-12-50(42(54)41(33)51)23-31-21-30(24-52)22-36(45-31)49-16-14-48(15-17-49)29(5)53/h10-11,19-22,52H,7-9,12-18,23-24H2,1-6H3. The molecule has 0 radical (unpaired) electrons. The van der Waals surface area contributed by atoms with E-state index in [1.165, 1.54) is 0 Å². The number of halogens is 2. The van der Waals surface area contributed by atoms with Crippen molar-refractivity contribution >= 4 is 51.7 Å². The van der Waals surface area contributed by atoms with E-state index in [1.807, 2.05) is 85.6 Å². The molecule has 1 saturated heterocycles. The monoisotopic (exact) mass is 785 g/mol. The molecule has 1 N–H and O–H groups in total. The molecule has 5 aromatic rings. The van der Waals surface area contributed by atoms with Crippen LogP contribution in [0.25, 0.3) is 22.0 Å². The van der Waals surface area contributed by atoms with E-state index in [2.05, 4.69) is 9.47 Å². The Hall–Kier alpha value is -4.58. The Balaban J connectivity index is 1.25. The molecule has 0 spiro atoms. The van der Waals surface area contributed by atoms with Crippen molar-refractivity contribution in [2.75, 3.05) is 44.2 Å². The van der Waals surface area contributed by atoms with Gasteiger partial charge in [0.1, 0.15) is 17.3 Å². The maximum Gasteiger partial charge on any atom is 0.271 e. The van der Waals surface area contributed by atoms with E-state index >= 15 is 0 Å². The second-order valence-corrected chi connectivity index (χ2v) is 15.6. The van der Waals surface area contributed by atoms with Crippen LogP contribution in [-0.2, 0) is 38.0 Å². The first-order valence-electron chi connectivity index (χ1n) is 19.0. The highest BCUT2D eigenvalue weighted by atomic mass is 35.5. The van der Waals surface area contributed by atoms with E-state index in [9.17, 15) is 14.7 Å². The summed E-state index contributed by atoms with van der Waals surface area (Å²) in [5, 5.41) is 17.3. The summed E-state index contributed by atoms with van der Waals surface area (Å²) in [7, 11) is 1.94. The molecule has 290 valence electrons. The molecule has 2 aliphatic heterocycles. The molecule has 2 aromatic carbocycles. The predicted octanol–water partition coefficient (Wildman–Crippen LogP) is 7.20. The fourth-order valence-electron chi connectivity index (χ4n) is 8.25. The fraction of sp³-hybridized carbons (Fsp3) is 0.429. The topological polar surface area (TPSA) is 109 Å². The average molecular weight is 787 g/mol. The van der Waals surface area contributed by atoms with Crippen LogP contribution >= 0.6 is 23.2 Å². The van der Waals surface area contributed by atoms with Gasteiger partial charge < -0.3 is 29.1 Å². The minimum Gasteiger partial charge on any atom is -0.494 e. The lowest BCUT2D eigenvalue weighted by molar-refractivity contribution is -0.129. The second kappa shape index (κ2) is 15.9. The third kappa shape index (κ3) is 7.54. The molecule has 0 aliphatic carbocycles. The minimum absolute atomic E-state index is 0.0632. The van der Waals surface area contributed by atoms with Crippen LogP contribution in [0, 0.1) is 27.7 Å². The van der Waals surface area contributed by atoms with E-state index in [0.29, 0.717) is 81.7 Å². The van der Waals surface area contributed by atoms with Crippen LogP contribution in [-0.4, -0.2) is 85.4 Å². The highest BCUT2D eigenvalue weighted by molar-refractivity contribution is 6.35. The fourth-order valence-corrected chi connectivity index (χ4v) is 8.61. The van der Waals surface area contributed by atoms with Crippen molar-refractivity contribution in [3.05, 3.63) is 91.5 Å². The minimum atomic E-state index is -0.143. The lowest BCUT2D eigenvalue weighted by atomic mass is 9.98. The van der Waals surface area contributed by atoms with Crippen LogP contribution < -0.4 is 9.64 Å². The molecule has 0 saturated carbocycles. The van der Waals surface area contributed by atoms with Crippen molar-refractivity contribution in [3.63, 3.8) is 0 Å². The van der Waals surface area contributed by atoms with Crippen molar-refractivity contribution in [2.24, 2.45) is 7.05 Å².